The van der Waals surface area contributed by atoms with Crippen LogP contribution >= 0.6 is 0 Å². The van der Waals surface area contributed by atoms with E-state index in [4.69, 9.17) is 0 Å². The first-order chi connectivity index (χ1) is 12.8. The van der Waals surface area contributed by atoms with E-state index >= 15 is 0 Å². The average molecular weight is 345 g/mol. The molecular weight excluding hydrogens is 322 g/mol. The van der Waals surface area contributed by atoms with E-state index in [0.717, 1.165) is 48.1 Å². The normalized spacial score (nSPS) is 16.2. The topological polar surface area (TPSA) is 56.5 Å². The molecule has 0 amide bonds. The first-order valence-electron chi connectivity index (χ1n) is 9.10. The lowest BCUT2D eigenvalue weighted by molar-refractivity contribution is -0.110. The van der Waals surface area contributed by atoms with Crippen molar-refractivity contribution in [1.82, 2.24) is 4.90 Å². The maximum atomic E-state index is 11.4. The lowest BCUT2D eigenvalue weighted by Gasteiger charge is -2.25. The first kappa shape index (κ1) is 17.9. The Bertz CT molecular complexity index is 836. The van der Waals surface area contributed by atoms with E-state index in [0.29, 0.717) is 18.7 Å². The summed E-state index contributed by atoms with van der Waals surface area (Å²) in [6, 6.07) is 18.0. The molecule has 0 spiro atoms. The highest BCUT2D eigenvalue weighted by atomic mass is 16.1. The van der Waals surface area contributed by atoms with Crippen LogP contribution in [0.15, 0.2) is 53.5 Å². The molecule has 3 rings (SSSR count). The highest BCUT2D eigenvalue weighted by Gasteiger charge is 2.26. The van der Waals surface area contributed by atoms with Crippen molar-refractivity contribution < 1.29 is 4.79 Å². The number of rotatable bonds is 7. The van der Waals surface area contributed by atoms with Crippen molar-refractivity contribution in [2.24, 2.45) is 4.99 Å². The molecule has 1 heterocycles. The van der Waals surface area contributed by atoms with E-state index in [1.165, 1.54) is 0 Å². The van der Waals surface area contributed by atoms with Crippen LogP contribution in [-0.4, -0.2) is 29.6 Å². The number of hydrogen-bond donors (Lipinski definition) is 0. The molecule has 0 saturated heterocycles. The molecule has 2 aromatic rings. The van der Waals surface area contributed by atoms with Crippen molar-refractivity contribution in [2.45, 2.75) is 38.8 Å². The smallest absolute Gasteiger partial charge is 0.144 e. The number of aldehydes is 1. The van der Waals surface area contributed by atoms with E-state index in [9.17, 15) is 10.1 Å². The fraction of sp³-hybridized carbons (Fsp3) is 0.318. The number of nitriles is 1. The van der Waals surface area contributed by atoms with Gasteiger partial charge in [-0.05, 0) is 29.2 Å². The molecule has 0 saturated carbocycles. The van der Waals surface area contributed by atoms with Crippen molar-refractivity contribution in [3.8, 4) is 17.2 Å². The van der Waals surface area contributed by atoms with Gasteiger partial charge in [0.2, 0.25) is 0 Å². The lowest BCUT2D eigenvalue weighted by atomic mass is 9.98. The highest BCUT2D eigenvalue weighted by Crippen LogP contribution is 2.26. The van der Waals surface area contributed by atoms with Gasteiger partial charge in [0.15, 0.2) is 0 Å². The maximum absolute atomic E-state index is 11.4. The Hall–Kier alpha value is -2.93. The number of hydrogen-bond acceptors (Lipinski definition) is 4. The molecule has 1 aliphatic rings. The summed E-state index contributed by atoms with van der Waals surface area (Å²) in [5.74, 6) is 1.01. The number of carbonyl (C=O) groups excluding carboxylic acids is 1. The molecule has 0 radical (unpaired) electrons. The zero-order chi connectivity index (χ0) is 18.4. The van der Waals surface area contributed by atoms with E-state index < -0.39 is 0 Å². The number of benzene rings is 2. The predicted octanol–water partition coefficient (Wildman–Crippen LogP) is 4.20. The van der Waals surface area contributed by atoms with Crippen LogP contribution in [0.3, 0.4) is 0 Å². The number of aliphatic imine (C=N–C) groups is 1. The molecule has 0 bridgehead atoms. The van der Waals surface area contributed by atoms with Gasteiger partial charge in [-0.15, -0.1) is 0 Å². The van der Waals surface area contributed by atoms with Crippen LogP contribution in [0, 0.1) is 11.3 Å². The van der Waals surface area contributed by atoms with Gasteiger partial charge >= 0.3 is 0 Å². The Morgan fingerprint density at radius 2 is 2.08 bits per heavy atom. The molecule has 0 aliphatic carbocycles. The monoisotopic (exact) mass is 345 g/mol. The Morgan fingerprint density at radius 1 is 1.27 bits per heavy atom. The number of amidine groups is 1. The summed E-state index contributed by atoms with van der Waals surface area (Å²) in [5, 5.41) is 9.59. The van der Waals surface area contributed by atoms with Gasteiger partial charge in [0.05, 0.1) is 24.0 Å². The van der Waals surface area contributed by atoms with Crippen LogP contribution in [0.4, 0.5) is 0 Å². The van der Waals surface area contributed by atoms with Gasteiger partial charge in [-0.3, -0.25) is 4.99 Å². The quantitative estimate of drug-likeness (QED) is 0.707. The predicted molar refractivity (Wildman–Crippen MR) is 104 cm³/mol. The molecule has 0 aromatic heterocycles. The first-order valence-corrected chi connectivity index (χ1v) is 9.10. The minimum Gasteiger partial charge on any atom is -0.344 e. The highest BCUT2D eigenvalue weighted by molar-refractivity contribution is 5.87. The second-order valence-corrected chi connectivity index (χ2v) is 6.55. The Kier molecular flexibility index (Phi) is 5.80. The average Bonchev–Trinajstić information content (AvgIpc) is 3.08. The van der Waals surface area contributed by atoms with Crippen molar-refractivity contribution in [1.29, 1.82) is 5.26 Å². The molecule has 26 heavy (non-hydrogen) atoms. The SMILES string of the molecule is CCCCC1=NCC(C=O)N1Cc1ccc(-c2ccccc2)c(C#N)c1. The summed E-state index contributed by atoms with van der Waals surface area (Å²) in [6.45, 7) is 3.30. The minimum atomic E-state index is -0.193. The standard InChI is InChI=1S/C22H23N3O/c1-2-3-9-22-24-14-20(16-26)25(22)15-17-10-11-21(19(12-17)13-23)18-7-5-4-6-8-18/h4-8,10-12,16,20H,2-3,9,14-15H2,1H3. The van der Waals surface area contributed by atoms with Crippen molar-refractivity contribution in [3.63, 3.8) is 0 Å². The summed E-state index contributed by atoms with van der Waals surface area (Å²) in [7, 11) is 0. The summed E-state index contributed by atoms with van der Waals surface area (Å²) >= 11 is 0. The Balaban J connectivity index is 1.84. The number of nitrogens with zero attached hydrogens (tertiary/aromatic N) is 3. The third kappa shape index (κ3) is 3.83. The van der Waals surface area contributed by atoms with Gasteiger partial charge in [0.25, 0.3) is 0 Å². The van der Waals surface area contributed by atoms with Gasteiger partial charge in [0, 0.05) is 13.0 Å². The molecule has 1 aliphatic heterocycles. The van der Waals surface area contributed by atoms with Crippen molar-refractivity contribution in [3.05, 3.63) is 59.7 Å². The molecule has 4 heteroatoms. The fourth-order valence-corrected chi connectivity index (χ4v) is 3.31. The van der Waals surface area contributed by atoms with Crippen molar-refractivity contribution >= 4 is 12.1 Å². The van der Waals surface area contributed by atoms with Gasteiger partial charge in [-0.2, -0.15) is 5.26 Å². The van der Waals surface area contributed by atoms with Crippen LogP contribution in [0.2, 0.25) is 0 Å². The summed E-state index contributed by atoms with van der Waals surface area (Å²) in [4.78, 5) is 18.1. The van der Waals surface area contributed by atoms with E-state index in [1.54, 1.807) is 0 Å². The Labute approximate surface area is 154 Å². The molecule has 0 N–H and O–H groups in total. The molecule has 1 atom stereocenters. The van der Waals surface area contributed by atoms with Crippen molar-refractivity contribution in [2.75, 3.05) is 6.54 Å². The van der Waals surface area contributed by atoms with Crippen LogP contribution in [0.1, 0.15) is 37.3 Å². The third-order valence-electron chi connectivity index (χ3n) is 4.75. The fourth-order valence-electron chi connectivity index (χ4n) is 3.31. The third-order valence-corrected chi connectivity index (χ3v) is 4.75. The second-order valence-electron chi connectivity index (χ2n) is 6.55. The molecule has 132 valence electrons. The van der Waals surface area contributed by atoms with E-state index in [1.807, 2.05) is 48.5 Å². The van der Waals surface area contributed by atoms with Crippen LogP contribution < -0.4 is 0 Å². The summed E-state index contributed by atoms with van der Waals surface area (Å²) < 4.78 is 0. The van der Waals surface area contributed by atoms with Gasteiger partial charge in [-0.25, -0.2) is 0 Å². The maximum Gasteiger partial charge on any atom is 0.144 e. The summed E-state index contributed by atoms with van der Waals surface area (Å²) in [5.41, 5.74) is 3.65. The minimum absolute atomic E-state index is 0.193. The van der Waals surface area contributed by atoms with Gasteiger partial charge in [-0.1, -0.05) is 55.8 Å². The van der Waals surface area contributed by atoms with Crippen LogP contribution in [0.25, 0.3) is 11.1 Å². The second kappa shape index (κ2) is 8.44. The largest absolute Gasteiger partial charge is 0.344 e. The van der Waals surface area contributed by atoms with E-state index in [-0.39, 0.29) is 6.04 Å². The number of carbonyl (C=O) groups is 1. The molecule has 2 aromatic carbocycles. The molecular formula is C22H23N3O. The van der Waals surface area contributed by atoms with Crippen LogP contribution in [0.5, 0.6) is 0 Å². The molecule has 0 fully saturated rings. The molecule has 1 unspecified atom stereocenters. The van der Waals surface area contributed by atoms with E-state index in [2.05, 4.69) is 22.9 Å². The zero-order valence-corrected chi connectivity index (χ0v) is 15.1. The van der Waals surface area contributed by atoms with Gasteiger partial charge < -0.3 is 9.69 Å². The van der Waals surface area contributed by atoms with Crippen LogP contribution in [-0.2, 0) is 11.3 Å². The zero-order valence-electron chi connectivity index (χ0n) is 15.1. The number of unbranched alkanes of at least 4 members (excludes halogenated alkanes) is 1. The molecule has 4 nitrogen and oxygen atoms in total. The lowest BCUT2D eigenvalue weighted by Crippen LogP contribution is -2.37. The summed E-state index contributed by atoms with van der Waals surface area (Å²) in [6.07, 6.45) is 4.04. The van der Waals surface area contributed by atoms with Gasteiger partial charge in [0.1, 0.15) is 12.3 Å². The Morgan fingerprint density at radius 3 is 2.77 bits per heavy atom.